The van der Waals surface area contributed by atoms with Crippen molar-refractivity contribution in [2.45, 2.75) is 83.8 Å². The highest BCUT2D eigenvalue weighted by Crippen LogP contribution is 2.23. The third-order valence-corrected chi connectivity index (χ3v) is 4.06. The van der Waals surface area contributed by atoms with E-state index in [1.165, 1.54) is 44.9 Å². The Morgan fingerprint density at radius 3 is 2.47 bits per heavy atom. The molecule has 1 fully saturated rings. The van der Waals surface area contributed by atoms with E-state index in [1.807, 2.05) is 0 Å². The third-order valence-electron chi connectivity index (χ3n) is 4.06. The van der Waals surface area contributed by atoms with E-state index in [-0.39, 0.29) is 6.10 Å². The SMILES string of the molecule is CCCCCCC(C)NCC1CCC(O)CC1. The molecule has 1 aliphatic rings. The van der Waals surface area contributed by atoms with Crippen LogP contribution in [0.1, 0.15) is 71.6 Å². The molecule has 0 radical (unpaired) electrons. The first kappa shape index (κ1) is 15.0. The predicted octanol–water partition coefficient (Wildman–Crippen LogP) is 3.49. The molecular formula is C15H31NO. The minimum atomic E-state index is -0.0160. The Balaban J connectivity index is 1.97. The van der Waals surface area contributed by atoms with E-state index in [9.17, 15) is 5.11 Å². The van der Waals surface area contributed by atoms with Crippen molar-refractivity contribution in [1.29, 1.82) is 0 Å². The number of hydrogen-bond donors (Lipinski definition) is 2. The molecule has 102 valence electrons. The van der Waals surface area contributed by atoms with Gasteiger partial charge in [0.05, 0.1) is 6.10 Å². The summed E-state index contributed by atoms with van der Waals surface area (Å²) in [5.74, 6) is 0.802. The summed E-state index contributed by atoms with van der Waals surface area (Å²) in [4.78, 5) is 0. The Bertz CT molecular complexity index is 176. The Morgan fingerprint density at radius 1 is 1.12 bits per heavy atom. The predicted molar refractivity (Wildman–Crippen MR) is 74.2 cm³/mol. The molecule has 0 heterocycles. The van der Waals surface area contributed by atoms with Crippen molar-refractivity contribution in [2.24, 2.45) is 5.92 Å². The van der Waals surface area contributed by atoms with Gasteiger partial charge in [0, 0.05) is 6.04 Å². The zero-order valence-electron chi connectivity index (χ0n) is 11.8. The molecule has 0 bridgehead atoms. The Labute approximate surface area is 107 Å². The molecule has 17 heavy (non-hydrogen) atoms. The quantitative estimate of drug-likeness (QED) is 0.638. The molecule has 2 N–H and O–H groups in total. The second-order valence-electron chi connectivity index (χ2n) is 5.83. The summed E-state index contributed by atoms with van der Waals surface area (Å²) in [7, 11) is 0. The van der Waals surface area contributed by atoms with Crippen LogP contribution in [0.4, 0.5) is 0 Å². The number of hydrogen-bond acceptors (Lipinski definition) is 2. The van der Waals surface area contributed by atoms with Gasteiger partial charge in [0.25, 0.3) is 0 Å². The molecule has 1 rings (SSSR count). The lowest BCUT2D eigenvalue weighted by atomic mass is 9.87. The van der Waals surface area contributed by atoms with Crippen LogP contribution in [-0.4, -0.2) is 23.8 Å². The number of aliphatic hydroxyl groups excluding tert-OH is 1. The molecule has 0 amide bonds. The largest absolute Gasteiger partial charge is 0.393 e. The van der Waals surface area contributed by atoms with Crippen molar-refractivity contribution in [3.63, 3.8) is 0 Å². The average Bonchev–Trinajstić information content (AvgIpc) is 2.34. The van der Waals surface area contributed by atoms with Crippen molar-refractivity contribution in [2.75, 3.05) is 6.54 Å². The summed E-state index contributed by atoms with van der Waals surface area (Å²) in [6.07, 6.45) is 11.2. The van der Waals surface area contributed by atoms with E-state index < -0.39 is 0 Å². The molecule has 0 aromatic rings. The van der Waals surface area contributed by atoms with Gasteiger partial charge in [-0.05, 0) is 51.5 Å². The lowest BCUT2D eigenvalue weighted by Gasteiger charge is -2.27. The van der Waals surface area contributed by atoms with E-state index in [2.05, 4.69) is 19.2 Å². The first-order valence-corrected chi connectivity index (χ1v) is 7.63. The van der Waals surface area contributed by atoms with Crippen LogP contribution in [0.3, 0.4) is 0 Å². The highest BCUT2D eigenvalue weighted by atomic mass is 16.3. The molecule has 0 aromatic heterocycles. The fourth-order valence-corrected chi connectivity index (χ4v) is 2.70. The van der Waals surface area contributed by atoms with Crippen molar-refractivity contribution in [3.8, 4) is 0 Å². The van der Waals surface area contributed by atoms with Gasteiger partial charge in [-0.15, -0.1) is 0 Å². The van der Waals surface area contributed by atoms with Gasteiger partial charge in [0.15, 0.2) is 0 Å². The maximum absolute atomic E-state index is 9.45. The summed E-state index contributed by atoms with van der Waals surface area (Å²) < 4.78 is 0. The Hall–Kier alpha value is -0.0800. The van der Waals surface area contributed by atoms with Crippen molar-refractivity contribution in [3.05, 3.63) is 0 Å². The van der Waals surface area contributed by atoms with Crippen molar-refractivity contribution >= 4 is 0 Å². The van der Waals surface area contributed by atoms with Gasteiger partial charge in [-0.2, -0.15) is 0 Å². The van der Waals surface area contributed by atoms with E-state index >= 15 is 0 Å². The molecular weight excluding hydrogens is 210 g/mol. The molecule has 2 heteroatoms. The maximum atomic E-state index is 9.45. The van der Waals surface area contributed by atoms with Gasteiger partial charge in [0.1, 0.15) is 0 Å². The van der Waals surface area contributed by atoms with Gasteiger partial charge >= 0.3 is 0 Å². The zero-order chi connectivity index (χ0) is 12.5. The lowest BCUT2D eigenvalue weighted by Crippen LogP contribution is -2.33. The maximum Gasteiger partial charge on any atom is 0.0540 e. The van der Waals surface area contributed by atoms with Gasteiger partial charge < -0.3 is 10.4 Å². The van der Waals surface area contributed by atoms with Gasteiger partial charge in [-0.3, -0.25) is 0 Å². The topological polar surface area (TPSA) is 32.3 Å². The zero-order valence-corrected chi connectivity index (χ0v) is 11.8. The minimum Gasteiger partial charge on any atom is -0.393 e. The van der Waals surface area contributed by atoms with Crippen molar-refractivity contribution in [1.82, 2.24) is 5.32 Å². The molecule has 1 aliphatic carbocycles. The van der Waals surface area contributed by atoms with Crippen LogP contribution in [0, 0.1) is 5.92 Å². The second-order valence-corrected chi connectivity index (χ2v) is 5.83. The summed E-state index contributed by atoms with van der Waals surface area (Å²) in [5, 5.41) is 13.1. The van der Waals surface area contributed by atoms with Crippen LogP contribution in [-0.2, 0) is 0 Å². The molecule has 1 unspecified atom stereocenters. The summed E-state index contributed by atoms with van der Waals surface area (Å²) in [6, 6.07) is 0.665. The smallest absolute Gasteiger partial charge is 0.0540 e. The molecule has 0 aromatic carbocycles. The van der Waals surface area contributed by atoms with Crippen LogP contribution >= 0.6 is 0 Å². The number of aliphatic hydroxyl groups is 1. The summed E-state index contributed by atoms with van der Waals surface area (Å²) >= 11 is 0. The second kappa shape index (κ2) is 8.93. The molecule has 1 atom stereocenters. The molecule has 1 saturated carbocycles. The lowest BCUT2D eigenvalue weighted by molar-refractivity contribution is 0.107. The Kier molecular flexibility index (Phi) is 7.87. The van der Waals surface area contributed by atoms with Crippen LogP contribution in [0.25, 0.3) is 0 Å². The number of unbranched alkanes of at least 4 members (excludes halogenated alkanes) is 3. The normalized spacial score (nSPS) is 27.0. The van der Waals surface area contributed by atoms with Gasteiger partial charge in [0.2, 0.25) is 0 Å². The first-order chi connectivity index (χ1) is 8.22. The number of nitrogens with one attached hydrogen (secondary N) is 1. The average molecular weight is 241 g/mol. The van der Waals surface area contributed by atoms with Crippen LogP contribution < -0.4 is 5.32 Å². The fraction of sp³-hybridized carbons (Fsp3) is 1.00. The molecule has 0 aliphatic heterocycles. The highest BCUT2D eigenvalue weighted by molar-refractivity contribution is 4.74. The molecule has 2 nitrogen and oxygen atoms in total. The standard InChI is InChI=1S/C15H31NO/c1-3-4-5-6-7-13(2)16-12-14-8-10-15(17)11-9-14/h13-17H,3-12H2,1-2H3. The minimum absolute atomic E-state index is 0.0160. The van der Waals surface area contributed by atoms with Crippen LogP contribution in [0.15, 0.2) is 0 Å². The van der Waals surface area contributed by atoms with Gasteiger partial charge in [-0.1, -0.05) is 32.6 Å². The van der Waals surface area contributed by atoms with Crippen LogP contribution in [0.5, 0.6) is 0 Å². The summed E-state index contributed by atoms with van der Waals surface area (Å²) in [6.45, 7) is 5.73. The van der Waals surface area contributed by atoms with E-state index in [4.69, 9.17) is 0 Å². The van der Waals surface area contributed by atoms with E-state index in [0.29, 0.717) is 6.04 Å². The first-order valence-electron chi connectivity index (χ1n) is 7.63. The monoisotopic (exact) mass is 241 g/mol. The molecule has 0 spiro atoms. The van der Waals surface area contributed by atoms with Gasteiger partial charge in [-0.25, -0.2) is 0 Å². The highest BCUT2D eigenvalue weighted by Gasteiger charge is 2.19. The molecule has 0 saturated heterocycles. The Morgan fingerprint density at radius 2 is 1.82 bits per heavy atom. The van der Waals surface area contributed by atoms with E-state index in [0.717, 1.165) is 25.3 Å². The summed E-state index contributed by atoms with van der Waals surface area (Å²) in [5.41, 5.74) is 0. The van der Waals surface area contributed by atoms with Crippen LogP contribution in [0.2, 0.25) is 0 Å². The third kappa shape index (κ3) is 7.05. The number of rotatable bonds is 8. The fourth-order valence-electron chi connectivity index (χ4n) is 2.70. The van der Waals surface area contributed by atoms with E-state index in [1.54, 1.807) is 0 Å². The van der Waals surface area contributed by atoms with Crippen molar-refractivity contribution < 1.29 is 5.11 Å².